The average molecular weight is 286 g/mol. The Kier molecular flexibility index (Phi) is 3.19. The molecule has 5 rings (SSSR count). The molecule has 0 radical (unpaired) electrons. The molecule has 5 aliphatic rings. The molecule has 4 aliphatic carbocycles. The van der Waals surface area contributed by atoms with Crippen LogP contribution in [0.15, 0.2) is 12.2 Å². The van der Waals surface area contributed by atoms with Crippen LogP contribution in [0.2, 0.25) is 0 Å². The Morgan fingerprint density at radius 3 is 2.38 bits per heavy atom. The maximum Gasteiger partial charge on any atom is 0.0127 e. The third-order valence-electron chi connectivity index (χ3n) is 7.49. The van der Waals surface area contributed by atoms with Gasteiger partial charge >= 0.3 is 0 Å². The maximum absolute atomic E-state index is 2.86. The molecular formula is C19H30N2. The van der Waals surface area contributed by atoms with Gasteiger partial charge in [-0.2, -0.15) is 0 Å². The van der Waals surface area contributed by atoms with E-state index in [-0.39, 0.29) is 0 Å². The lowest BCUT2D eigenvalue weighted by molar-refractivity contribution is 0.0618. The smallest absolute Gasteiger partial charge is 0.0127 e. The average Bonchev–Trinajstić information content (AvgIpc) is 3.28. The summed E-state index contributed by atoms with van der Waals surface area (Å²) in [7, 11) is 0. The molecule has 0 amide bonds. The predicted octanol–water partition coefficient (Wildman–Crippen LogP) is 3.00. The Labute approximate surface area is 129 Å². The van der Waals surface area contributed by atoms with Gasteiger partial charge in [-0.15, -0.1) is 0 Å². The number of hydrogen-bond donors (Lipinski definition) is 0. The van der Waals surface area contributed by atoms with Crippen molar-refractivity contribution in [2.45, 2.75) is 44.6 Å². The van der Waals surface area contributed by atoms with E-state index in [9.17, 15) is 0 Å². The first-order chi connectivity index (χ1) is 10.3. The van der Waals surface area contributed by atoms with Crippen molar-refractivity contribution in [2.24, 2.45) is 29.6 Å². The molecule has 0 N–H and O–H groups in total. The molecule has 21 heavy (non-hydrogen) atoms. The fraction of sp³-hybridized carbons (Fsp3) is 0.895. The van der Waals surface area contributed by atoms with E-state index in [2.05, 4.69) is 22.0 Å². The van der Waals surface area contributed by atoms with Crippen LogP contribution in [0.25, 0.3) is 0 Å². The molecule has 1 aliphatic heterocycles. The quantitative estimate of drug-likeness (QED) is 0.736. The molecular weight excluding hydrogens is 256 g/mol. The van der Waals surface area contributed by atoms with E-state index in [1.54, 1.807) is 12.8 Å². The zero-order valence-corrected chi connectivity index (χ0v) is 13.3. The summed E-state index contributed by atoms with van der Waals surface area (Å²) in [6, 6.07) is 0.969. The van der Waals surface area contributed by atoms with E-state index < -0.39 is 0 Å². The van der Waals surface area contributed by atoms with Gasteiger partial charge in [-0.3, -0.25) is 4.90 Å². The van der Waals surface area contributed by atoms with E-state index in [0.717, 1.165) is 35.6 Å². The Morgan fingerprint density at radius 2 is 1.76 bits per heavy atom. The lowest BCUT2D eigenvalue weighted by Crippen LogP contribution is -2.52. The third kappa shape index (κ3) is 2.30. The zero-order chi connectivity index (χ0) is 13.8. The maximum atomic E-state index is 2.86. The normalized spacial score (nSPS) is 49.5. The molecule has 4 bridgehead atoms. The van der Waals surface area contributed by atoms with E-state index in [1.165, 1.54) is 58.4 Å². The molecule has 0 aromatic heterocycles. The fourth-order valence-corrected chi connectivity index (χ4v) is 6.37. The zero-order valence-electron chi connectivity index (χ0n) is 13.3. The highest BCUT2D eigenvalue weighted by molar-refractivity contribution is 5.10. The molecule has 116 valence electrons. The highest BCUT2D eigenvalue weighted by Crippen LogP contribution is 2.47. The number of fused-ring (bicyclic) bond motifs is 4. The molecule has 6 atom stereocenters. The van der Waals surface area contributed by atoms with Crippen LogP contribution in [0, 0.1) is 29.6 Å². The summed E-state index contributed by atoms with van der Waals surface area (Å²) in [5, 5.41) is 0. The minimum Gasteiger partial charge on any atom is -0.300 e. The molecule has 4 fully saturated rings. The highest BCUT2D eigenvalue weighted by Gasteiger charge is 2.43. The molecule has 2 heteroatoms. The summed E-state index contributed by atoms with van der Waals surface area (Å²) < 4.78 is 0. The number of hydrogen-bond acceptors (Lipinski definition) is 2. The van der Waals surface area contributed by atoms with Gasteiger partial charge in [0.05, 0.1) is 0 Å². The van der Waals surface area contributed by atoms with E-state index >= 15 is 0 Å². The van der Waals surface area contributed by atoms with Crippen LogP contribution >= 0.6 is 0 Å². The summed E-state index contributed by atoms with van der Waals surface area (Å²) >= 11 is 0. The lowest BCUT2D eigenvalue weighted by Gasteiger charge is -2.42. The Bertz CT molecular complexity index is 423. The first kappa shape index (κ1) is 13.1. The number of rotatable bonds is 3. The van der Waals surface area contributed by atoms with Crippen LogP contribution in [0.4, 0.5) is 0 Å². The second-order valence-electron chi connectivity index (χ2n) is 8.62. The van der Waals surface area contributed by atoms with Crippen molar-refractivity contribution in [3.63, 3.8) is 0 Å². The van der Waals surface area contributed by atoms with Crippen molar-refractivity contribution in [3.8, 4) is 0 Å². The van der Waals surface area contributed by atoms with Gasteiger partial charge in [0, 0.05) is 38.8 Å². The number of allylic oxidation sites excluding steroid dienone is 2. The molecule has 0 unspecified atom stereocenters. The van der Waals surface area contributed by atoms with Gasteiger partial charge in [-0.25, -0.2) is 0 Å². The fourth-order valence-electron chi connectivity index (χ4n) is 6.37. The van der Waals surface area contributed by atoms with Crippen molar-refractivity contribution >= 4 is 0 Å². The van der Waals surface area contributed by atoms with Crippen molar-refractivity contribution in [1.29, 1.82) is 0 Å². The molecule has 1 heterocycles. The largest absolute Gasteiger partial charge is 0.300 e. The van der Waals surface area contributed by atoms with E-state index in [4.69, 9.17) is 0 Å². The molecule has 1 saturated heterocycles. The van der Waals surface area contributed by atoms with Crippen LogP contribution in [-0.2, 0) is 0 Å². The Hall–Kier alpha value is -0.340. The first-order valence-corrected chi connectivity index (χ1v) is 9.50. The van der Waals surface area contributed by atoms with Gasteiger partial charge in [-0.05, 0) is 61.7 Å². The van der Waals surface area contributed by atoms with Gasteiger partial charge in [0.25, 0.3) is 0 Å². The first-order valence-electron chi connectivity index (χ1n) is 9.50. The van der Waals surface area contributed by atoms with E-state index in [0.29, 0.717) is 0 Å². The summed E-state index contributed by atoms with van der Waals surface area (Å²) in [5.74, 6) is 5.01. The number of piperazine rings is 1. The summed E-state index contributed by atoms with van der Waals surface area (Å²) in [6.07, 6.45) is 14.1. The third-order valence-corrected chi connectivity index (χ3v) is 7.49. The Balaban J connectivity index is 1.13. The van der Waals surface area contributed by atoms with Crippen molar-refractivity contribution in [3.05, 3.63) is 12.2 Å². The van der Waals surface area contributed by atoms with Crippen LogP contribution in [0.5, 0.6) is 0 Å². The van der Waals surface area contributed by atoms with E-state index in [1.807, 2.05) is 0 Å². The second kappa shape index (κ2) is 5.09. The molecule has 0 spiro atoms. The minimum absolute atomic E-state index is 0.929. The summed E-state index contributed by atoms with van der Waals surface area (Å²) in [4.78, 5) is 5.64. The lowest BCUT2D eigenvalue weighted by atomic mass is 9.92. The topological polar surface area (TPSA) is 6.48 Å². The molecule has 2 nitrogen and oxygen atoms in total. The predicted molar refractivity (Wildman–Crippen MR) is 86.1 cm³/mol. The van der Waals surface area contributed by atoms with Crippen LogP contribution in [0.1, 0.15) is 38.5 Å². The van der Waals surface area contributed by atoms with Crippen molar-refractivity contribution in [2.75, 3.05) is 32.7 Å². The highest BCUT2D eigenvalue weighted by atomic mass is 15.3. The van der Waals surface area contributed by atoms with Crippen LogP contribution in [-0.4, -0.2) is 48.6 Å². The molecule has 0 aromatic rings. The number of nitrogens with zero attached hydrogens (tertiary/aromatic N) is 2. The van der Waals surface area contributed by atoms with Crippen molar-refractivity contribution in [1.82, 2.24) is 9.80 Å². The minimum atomic E-state index is 0.929. The van der Waals surface area contributed by atoms with Crippen LogP contribution < -0.4 is 0 Å². The molecule has 0 aromatic carbocycles. The Morgan fingerprint density at radius 1 is 0.857 bits per heavy atom. The summed E-state index contributed by atoms with van der Waals surface area (Å²) in [5.41, 5.74) is 0. The molecule has 3 saturated carbocycles. The van der Waals surface area contributed by atoms with Gasteiger partial charge in [-0.1, -0.05) is 18.6 Å². The van der Waals surface area contributed by atoms with Gasteiger partial charge < -0.3 is 4.90 Å². The van der Waals surface area contributed by atoms with Gasteiger partial charge in [0.2, 0.25) is 0 Å². The van der Waals surface area contributed by atoms with Crippen LogP contribution in [0.3, 0.4) is 0 Å². The van der Waals surface area contributed by atoms with Gasteiger partial charge in [0.1, 0.15) is 0 Å². The standard InChI is InChI=1S/C19H30N2/c1-3-16-9-14(1)11-18(16)13-20-5-7-21(8-6-20)19-12-15-2-4-17(19)10-15/h1,3,14-19H,2,4-13H2/t14-,15-,16-,17-,18+,19-/m0/s1. The van der Waals surface area contributed by atoms with Gasteiger partial charge in [0.15, 0.2) is 0 Å². The SMILES string of the molecule is C1=C[C@H]2C[C@H]1C[C@@H]2CN1CCN([C@H]2C[C@H]3CC[C@H]2C3)CC1. The summed E-state index contributed by atoms with van der Waals surface area (Å²) in [6.45, 7) is 6.77. The monoisotopic (exact) mass is 286 g/mol. The second-order valence-corrected chi connectivity index (χ2v) is 8.62. The van der Waals surface area contributed by atoms with Crippen molar-refractivity contribution < 1.29 is 0 Å².